The summed E-state index contributed by atoms with van der Waals surface area (Å²) < 4.78 is 0.879. The van der Waals surface area contributed by atoms with Crippen molar-refractivity contribution >= 4 is 39.0 Å². The smallest absolute Gasteiger partial charge is 0.296 e. The van der Waals surface area contributed by atoms with Crippen molar-refractivity contribution in [2.45, 2.75) is 32.2 Å². The van der Waals surface area contributed by atoms with Crippen LogP contribution in [-0.4, -0.2) is 24.3 Å². The molecule has 1 unspecified atom stereocenters. The Labute approximate surface area is 120 Å². The van der Waals surface area contributed by atoms with E-state index in [1.807, 2.05) is 6.07 Å². The van der Waals surface area contributed by atoms with Crippen LogP contribution in [0.5, 0.6) is 0 Å². The first-order chi connectivity index (χ1) is 9.08. The van der Waals surface area contributed by atoms with E-state index in [2.05, 4.69) is 33.1 Å². The van der Waals surface area contributed by atoms with Crippen LogP contribution in [0.3, 0.4) is 0 Å². The first kappa shape index (κ1) is 12.7. The fourth-order valence-electron chi connectivity index (χ4n) is 2.83. The van der Waals surface area contributed by atoms with Crippen LogP contribution in [0.1, 0.15) is 36.5 Å². The van der Waals surface area contributed by atoms with E-state index in [4.69, 9.17) is 0 Å². The standard InChI is InChI=1S/C14H15BrN2O2/c1-8-4-2-3-5-17(8)12-7-11-9(6-10(12)15)13(18)14(19)16-11/h6-8H,2-5H2,1H3,(H,16,18,19). The number of Topliss-reactive ketones (excluding diaryl/α,β-unsaturated/α-hetero) is 1. The lowest BCUT2D eigenvalue weighted by molar-refractivity contribution is -0.112. The van der Waals surface area contributed by atoms with Gasteiger partial charge in [-0.25, -0.2) is 0 Å². The van der Waals surface area contributed by atoms with Crippen molar-refractivity contribution in [2.75, 3.05) is 16.8 Å². The number of nitrogens with one attached hydrogen (secondary N) is 1. The van der Waals surface area contributed by atoms with Crippen LogP contribution in [0.15, 0.2) is 16.6 Å². The quantitative estimate of drug-likeness (QED) is 0.809. The Morgan fingerprint density at radius 1 is 1.32 bits per heavy atom. The molecule has 0 saturated carbocycles. The molecule has 19 heavy (non-hydrogen) atoms. The molecule has 4 nitrogen and oxygen atoms in total. The lowest BCUT2D eigenvalue weighted by atomic mass is 10.0. The zero-order valence-electron chi connectivity index (χ0n) is 10.7. The number of carbonyl (C=O) groups excluding carboxylic acids is 2. The largest absolute Gasteiger partial charge is 0.368 e. The zero-order chi connectivity index (χ0) is 13.6. The Balaban J connectivity index is 2.02. The number of rotatable bonds is 1. The van der Waals surface area contributed by atoms with Crippen LogP contribution in [0.25, 0.3) is 0 Å². The molecule has 2 aliphatic heterocycles. The molecule has 2 heterocycles. The number of anilines is 2. The molecule has 0 bridgehead atoms. The van der Waals surface area contributed by atoms with Crippen molar-refractivity contribution in [3.63, 3.8) is 0 Å². The Morgan fingerprint density at radius 2 is 2.11 bits per heavy atom. The first-order valence-corrected chi connectivity index (χ1v) is 7.33. The van der Waals surface area contributed by atoms with E-state index >= 15 is 0 Å². The third kappa shape index (κ3) is 2.06. The molecule has 1 aromatic carbocycles. The van der Waals surface area contributed by atoms with Crippen LogP contribution < -0.4 is 10.2 Å². The van der Waals surface area contributed by atoms with Gasteiger partial charge in [0.25, 0.3) is 11.7 Å². The molecule has 1 atom stereocenters. The summed E-state index contributed by atoms with van der Waals surface area (Å²) in [7, 11) is 0. The summed E-state index contributed by atoms with van der Waals surface area (Å²) in [5.74, 6) is -0.986. The van der Waals surface area contributed by atoms with Gasteiger partial charge in [-0.15, -0.1) is 0 Å². The number of fused-ring (bicyclic) bond motifs is 1. The molecule has 2 aliphatic rings. The van der Waals surface area contributed by atoms with Crippen LogP contribution in [-0.2, 0) is 4.79 Å². The maximum absolute atomic E-state index is 11.7. The summed E-state index contributed by atoms with van der Waals surface area (Å²) in [4.78, 5) is 25.4. The van der Waals surface area contributed by atoms with Crippen molar-refractivity contribution in [2.24, 2.45) is 0 Å². The second-order valence-corrected chi connectivity index (χ2v) is 6.02. The SMILES string of the molecule is CC1CCCCN1c1cc2c(cc1Br)C(=O)C(=O)N2. The van der Waals surface area contributed by atoms with Crippen molar-refractivity contribution in [1.82, 2.24) is 0 Å². The van der Waals surface area contributed by atoms with E-state index in [0.29, 0.717) is 17.3 Å². The number of hydrogen-bond acceptors (Lipinski definition) is 3. The summed E-state index contributed by atoms with van der Waals surface area (Å²) >= 11 is 3.53. The lowest BCUT2D eigenvalue weighted by Gasteiger charge is -2.36. The van der Waals surface area contributed by atoms with Gasteiger partial charge in [-0.1, -0.05) is 0 Å². The van der Waals surface area contributed by atoms with E-state index in [-0.39, 0.29) is 0 Å². The van der Waals surface area contributed by atoms with Crippen molar-refractivity contribution in [3.8, 4) is 0 Å². The summed E-state index contributed by atoms with van der Waals surface area (Å²) in [6, 6.07) is 4.15. The fraction of sp³-hybridized carbons (Fsp3) is 0.429. The Kier molecular flexibility index (Phi) is 3.09. The summed E-state index contributed by atoms with van der Waals surface area (Å²) in [5.41, 5.74) is 2.15. The number of halogens is 1. The van der Waals surface area contributed by atoms with Crippen LogP contribution >= 0.6 is 15.9 Å². The van der Waals surface area contributed by atoms with Gasteiger partial charge in [-0.2, -0.15) is 0 Å². The minimum absolute atomic E-state index is 0.450. The van der Waals surface area contributed by atoms with Gasteiger partial charge in [0.2, 0.25) is 0 Å². The molecule has 100 valence electrons. The molecule has 1 saturated heterocycles. The van der Waals surface area contributed by atoms with Gasteiger partial charge in [-0.05, 0) is 54.2 Å². The van der Waals surface area contributed by atoms with E-state index in [0.717, 1.165) is 16.7 Å². The van der Waals surface area contributed by atoms with Gasteiger partial charge in [0.15, 0.2) is 0 Å². The van der Waals surface area contributed by atoms with Gasteiger partial charge in [0.1, 0.15) is 0 Å². The highest BCUT2D eigenvalue weighted by molar-refractivity contribution is 9.10. The third-order valence-electron chi connectivity index (χ3n) is 3.90. The fourth-order valence-corrected chi connectivity index (χ4v) is 3.40. The number of hydrogen-bond donors (Lipinski definition) is 1. The molecule has 1 fully saturated rings. The summed E-state index contributed by atoms with van der Waals surface area (Å²) in [6.45, 7) is 3.23. The van der Waals surface area contributed by atoms with E-state index in [1.54, 1.807) is 6.07 Å². The van der Waals surface area contributed by atoms with E-state index in [1.165, 1.54) is 19.3 Å². The highest BCUT2D eigenvalue weighted by atomic mass is 79.9. The zero-order valence-corrected chi connectivity index (χ0v) is 12.3. The monoisotopic (exact) mass is 322 g/mol. The normalized spacial score (nSPS) is 22.4. The second kappa shape index (κ2) is 4.63. The number of ketones is 1. The minimum atomic E-state index is -0.536. The van der Waals surface area contributed by atoms with Gasteiger partial charge in [0.05, 0.1) is 16.9 Å². The molecule has 3 rings (SSSR count). The molecule has 0 radical (unpaired) electrons. The average molecular weight is 323 g/mol. The van der Waals surface area contributed by atoms with Crippen LogP contribution in [0.4, 0.5) is 11.4 Å². The van der Waals surface area contributed by atoms with Gasteiger partial charge >= 0.3 is 0 Å². The molecular weight excluding hydrogens is 308 g/mol. The number of carbonyl (C=O) groups is 2. The Morgan fingerprint density at radius 3 is 2.84 bits per heavy atom. The summed E-state index contributed by atoms with van der Waals surface area (Å²) in [5, 5.41) is 2.63. The number of piperidine rings is 1. The third-order valence-corrected chi connectivity index (χ3v) is 4.53. The molecular formula is C14H15BrN2O2. The molecule has 1 aromatic rings. The average Bonchev–Trinajstić information content (AvgIpc) is 2.66. The predicted octanol–water partition coefficient (Wildman–Crippen LogP) is 2.96. The van der Waals surface area contributed by atoms with E-state index in [9.17, 15) is 9.59 Å². The Bertz CT molecular complexity index is 571. The molecule has 1 N–H and O–H groups in total. The summed E-state index contributed by atoms with van der Waals surface area (Å²) in [6.07, 6.45) is 3.61. The topological polar surface area (TPSA) is 49.4 Å². The minimum Gasteiger partial charge on any atom is -0.368 e. The number of nitrogens with zero attached hydrogens (tertiary/aromatic N) is 1. The van der Waals surface area contributed by atoms with E-state index < -0.39 is 11.7 Å². The maximum Gasteiger partial charge on any atom is 0.296 e. The molecule has 5 heteroatoms. The van der Waals surface area contributed by atoms with Crippen molar-refractivity contribution < 1.29 is 9.59 Å². The highest BCUT2D eigenvalue weighted by Crippen LogP contribution is 2.37. The highest BCUT2D eigenvalue weighted by Gasteiger charge is 2.30. The van der Waals surface area contributed by atoms with Gasteiger partial charge < -0.3 is 10.2 Å². The van der Waals surface area contributed by atoms with Crippen LogP contribution in [0.2, 0.25) is 0 Å². The maximum atomic E-state index is 11.7. The van der Waals surface area contributed by atoms with Crippen molar-refractivity contribution in [1.29, 1.82) is 0 Å². The van der Waals surface area contributed by atoms with Crippen LogP contribution in [0, 0.1) is 0 Å². The van der Waals surface area contributed by atoms with Crippen molar-refractivity contribution in [3.05, 3.63) is 22.2 Å². The van der Waals surface area contributed by atoms with Gasteiger partial charge in [-0.3, -0.25) is 9.59 Å². The molecule has 0 aromatic heterocycles. The molecule has 1 amide bonds. The number of amides is 1. The first-order valence-electron chi connectivity index (χ1n) is 6.54. The Hall–Kier alpha value is -1.36. The molecule has 0 spiro atoms. The predicted molar refractivity (Wildman–Crippen MR) is 77.8 cm³/mol. The molecule has 0 aliphatic carbocycles. The lowest BCUT2D eigenvalue weighted by Crippen LogP contribution is -2.37. The van der Waals surface area contributed by atoms with Gasteiger partial charge in [0, 0.05) is 17.1 Å². The number of benzene rings is 1. The second-order valence-electron chi connectivity index (χ2n) is 5.17.